The summed E-state index contributed by atoms with van der Waals surface area (Å²) < 4.78 is 5.23. The topological polar surface area (TPSA) is 63.8 Å². The van der Waals surface area contributed by atoms with E-state index in [2.05, 4.69) is 20.4 Å². The molecule has 16 heavy (non-hydrogen) atoms. The fourth-order valence-corrected chi connectivity index (χ4v) is 1.20. The number of rotatable bonds is 3. The van der Waals surface area contributed by atoms with Crippen molar-refractivity contribution in [3.63, 3.8) is 0 Å². The fourth-order valence-electron chi connectivity index (χ4n) is 1.20. The van der Waals surface area contributed by atoms with Gasteiger partial charge in [-0.15, -0.1) is 0 Å². The summed E-state index contributed by atoms with van der Waals surface area (Å²) in [5.74, 6) is 1.16. The average molecular weight is 218 g/mol. The Bertz CT molecular complexity index is 464. The molecule has 0 fully saturated rings. The van der Waals surface area contributed by atoms with Gasteiger partial charge < -0.3 is 9.84 Å². The smallest absolute Gasteiger partial charge is 0.246 e. The molecule has 0 aromatic carbocycles. The SMILES string of the molecule is CNC(C)(C)c1nc(-c2ccncc2)no1. The highest BCUT2D eigenvalue weighted by atomic mass is 16.5. The normalized spacial score (nSPS) is 11.7. The molecule has 0 amide bonds. The minimum Gasteiger partial charge on any atom is -0.337 e. The lowest BCUT2D eigenvalue weighted by molar-refractivity contribution is 0.281. The Morgan fingerprint density at radius 1 is 1.25 bits per heavy atom. The maximum absolute atomic E-state index is 5.23. The van der Waals surface area contributed by atoms with Crippen LogP contribution in [0.3, 0.4) is 0 Å². The van der Waals surface area contributed by atoms with Crippen molar-refractivity contribution in [2.24, 2.45) is 0 Å². The van der Waals surface area contributed by atoms with Crippen LogP contribution in [0.15, 0.2) is 29.0 Å². The van der Waals surface area contributed by atoms with Crippen molar-refractivity contribution in [3.8, 4) is 11.4 Å². The second kappa shape index (κ2) is 4.02. The predicted molar refractivity (Wildman–Crippen MR) is 59.6 cm³/mol. The van der Waals surface area contributed by atoms with Crippen LogP contribution in [0.5, 0.6) is 0 Å². The van der Waals surface area contributed by atoms with Crippen LogP contribution >= 0.6 is 0 Å². The van der Waals surface area contributed by atoms with Crippen LogP contribution in [0.25, 0.3) is 11.4 Å². The first-order chi connectivity index (χ1) is 7.63. The lowest BCUT2D eigenvalue weighted by Crippen LogP contribution is -2.33. The van der Waals surface area contributed by atoms with E-state index < -0.39 is 0 Å². The van der Waals surface area contributed by atoms with Crippen LogP contribution in [0, 0.1) is 0 Å². The van der Waals surface area contributed by atoms with E-state index >= 15 is 0 Å². The number of aromatic nitrogens is 3. The Balaban J connectivity index is 2.34. The third-order valence-electron chi connectivity index (χ3n) is 2.52. The maximum atomic E-state index is 5.23. The molecule has 0 radical (unpaired) electrons. The van der Waals surface area contributed by atoms with E-state index in [4.69, 9.17) is 4.52 Å². The van der Waals surface area contributed by atoms with Crippen LogP contribution in [0.2, 0.25) is 0 Å². The van der Waals surface area contributed by atoms with Crippen molar-refractivity contribution in [2.45, 2.75) is 19.4 Å². The maximum Gasteiger partial charge on any atom is 0.246 e. The molecule has 2 rings (SSSR count). The van der Waals surface area contributed by atoms with Gasteiger partial charge in [0.05, 0.1) is 5.54 Å². The van der Waals surface area contributed by atoms with Gasteiger partial charge in [-0.05, 0) is 33.0 Å². The number of hydrogen-bond acceptors (Lipinski definition) is 5. The van der Waals surface area contributed by atoms with Crippen molar-refractivity contribution in [2.75, 3.05) is 7.05 Å². The lowest BCUT2D eigenvalue weighted by Gasteiger charge is -2.17. The van der Waals surface area contributed by atoms with Gasteiger partial charge >= 0.3 is 0 Å². The second-order valence-corrected chi connectivity index (χ2v) is 4.03. The molecule has 0 aliphatic heterocycles. The van der Waals surface area contributed by atoms with Crippen LogP contribution < -0.4 is 5.32 Å². The van der Waals surface area contributed by atoms with Crippen LogP contribution in [0.4, 0.5) is 0 Å². The van der Waals surface area contributed by atoms with Gasteiger partial charge in [-0.3, -0.25) is 4.98 Å². The lowest BCUT2D eigenvalue weighted by atomic mass is 10.1. The monoisotopic (exact) mass is 218 g/mol. The van der Waals surface area contributed by atoms with Gasteiger partial charge in [0.25, 0.3) is 0 Å². The zero-order chi connectivity index (χ0) is 11.6. The summed E-state index contributed by atoms with van der Waals surface area (Å²) >= 11 is 0. The molecule has 0 atom stereocenters. The number of nitrogens with one attached hydrogen (secondary N) is 1. The first-order valence-electron chi connectivity index (χ1n) is 5.07. The molecule has 0 unspecified atom stereocenters. The van der Waals surface area contributed by atoms with Gasteiger partial charge in [-0.2, -0.15) is 4.98 Å². The number of pyridine rings is 1. The van der Waals surface area contributed by atoms with Crippen LogP contribution in [0.1, 0.15) is 19.7 Å². The van der Waals surface area contributed by atoms with E-state index in [0.717, 1.165) is 5.56 Å². The number of nitrogens with zero attached hydrogens (tertiary/aromatic N) is 3. The average Bonchev–Trinajstić information content (AvgIpc) is 2.80. The summed E-state index contributed by atoms with van der Waals surface area (Å²) in [7, 11) is 1.86. The molecule has 1 N–H and O–H groups in total. The molecule has 2 aromatic heterocycles. The first-order valence-corrected chi connectivity index (χ1v) is 5.07. The van der Waals surface area contributed by atoms with Crippen molar-refractivity contribution >= 4 is 0 Å². The van der Waals surface area contributed by atoms with Crippen molar-refractivity contribution in [1.82, 2.24) is 20.4 Å². The third kappa shape index (κ3) is 1.94. The fraction of sp³-hybridized carbons (Fsp3) is 0.364. The van der Waals surface area contributed by atoms with Crippen LogP contribution in [-0.4, -0.2) is 22.2 Å². The summed E-state index contributed by atoms with van der Waals surface area (Å²) in [6.07, 6.45) is 3.41. The second-order valence-electron chi connectivity index (χ2n) is 4.03. The molecular weight excluding hydrogens is 204 g/mol. The van der Waals surface area contributed by atoms with E-state index in [-0.39, 0.29) is 5.54 Å². The van der Waals surface area contributed by atoms with Crippen molar-refractivity contribution in [1.29, 1.82) is 0 Å². The Labute approximate surface area is 93.9 Å². The molecule has 0 bridgehead atoms. The molecule has 0 saturated heterocycles. The molecule has 2 aromatic rings. The van der Waals surface area contributed by atoms with Gasteiger partial charge in [0.15, 0.2) is 0 Å². The molecule has 0 saturated carbocycles. The van der Waals surface area contributed by atoms with Gasteiger partial charge in [-0.1, -0.05) is 5.16 Å². The number of hydrogen-bond donors (Lipinski definition) is 1. The van der Waals surface area contributed by atoms with Crippen molar-refractivity contribution < 1.29 is 4.52 Å². The van der Waals surface area contributed by atoms with Gasteiger partial charge in [0, 0.05) is 18.0 Å². The zero-order valence-electron chi connectivity index (χ0n) is 9.56. The molecule has 5 heteroatoms. The summed E-state index contributed by atoms with van der Waals surface area (Å²) in [6, 6.07) is 3.70. The molecule has 5 nitrogen and oxygen atoms in total. The molecule has 0 aliphatic carbocycles. The predicted octanol–water partition coefficient (Wildman–Crippen LogP) is 1.59. The minimum absolute atomic E-state index is 0.321. The molecule has 0 aliphatic rings. The highest BCUT2D eigenvalue weighted by molar-refractivity contribution is 5.52. The molecule has 84 valence electrons. The largest absolute Gasteiger partial charge is 0.337 e. The highest BCUT2D eigenvalue weighted by Gasteiger charge is 2.25. The summed E-state index contributed by atoms with van der Waals surface area (Å²) in [5.41, 5.74) is 0.579. The summed E-state index contributed by atoms with van der Waals surface area (Å²) in [5, 5.41) is 7.06. The quantitative estimate of drug-likeness (QED) is 0.847. The summed E-state index contributed by atoms with van der Waals surface area (Å²) in [4.78, 5) is 8.30. The standard InChI is InChI=1S/C11H14N4O/c1-11(2,12-3)10-14-9(15-16-10)8-4-6-13-7-5-8/h4-7,12H,1-3H3. The molecule has 2 heterocycles. The highest BCUT2D eigenvalue weighted by Crippen LogP contribution is 2.21. The third-order valence-corrected chi connectivity index (χ3v) is 2.52. The Kier molecular flexibility index (Phi) is 2.70. The van der Waals surface area contributed by atoms with Crippen LogP contribution in [-0.2, 0) is 5.54 Å². The Morgan fingerprint density at radius 2 is 1.94 bits per heavy atom. The van der Waals surface area contributed by atoms with E-state index in [1.54, 1.807) is 12.4 Å². The Hall–Kier alpha value is -1.75. The van der Waals surface area contributed by atoms with E-state index in [1.165, 1.54) is 0 Å². The van der Waals surface area contributed by atoms with E-state index in [1.807, 2.05) is 33.0 Å². The van der Waals surface area contributed by atoms with Gasteiger partial charge in [0.1, 0.15) is 0 Å². The van der Waals surface area contributed by atoms with Crippen molar-refractivity contribution in [3.05, 3.63) is 30.4 Å². The van der Waals surface area contributed by atoms with Gasteiger partial charge in [0.2, 0.25) is 11.7 Å². The zero-order valence-corrected chi connectivity index (χ0v) is 9.56. The summed E-state index contributed by atoms with van der Waals surface area (Å²) in [6.45, 7) is 3.97. The molecule has 0 spiro atoms. The Morgan fingerprint density at radius 3 is 2.56 bits per heavy atom. The first kappa shape index (κ1) is 10.8. The molecular formula is C11H14N4O. The van der Waals surface area contributed by atoms with E-state index in [0.29, 0.717) is 11.7 Å². The minimum atomic E-state index is -0.321. The van der Waals surface area contributed by atoms with E-state index in [9.17, 15) is 0 Å². The van der Waals surface area contributed by atoms with Gasteiger partial charge in [-0.25, -0.2) is 0 Å².